The first-order valence-electron chi connectivity index (χ1n) is 11.1. The Morgan fingerprint density at radius 1 is 1.18 bits per heavy atom. The summed E-state index contributed by atoms with van der Waals surface area (Å²) in [6.07, 6.45) is -5.61. The molecule has 0 aromatic heterocycles. The minimum Gasteiger partial charge on any atom is -0.454 e. The normalized spacial score (nSPS) is 28.0. The molecule has 1 aromatic rings. The molecular weight excluding hydrogens is 445 g/mol. The summed E-state index contributed by atoms with van der Waals surface area (Å²) in [6, 6.07) is 5.17. The van der Waals surface area contributed by atoms with Crippen LogP contribution in [0.1, 0.15) is 31.2 Å². The minimum atomic E-state index is -4.27. The summed E-state index contributed by atoms with van der Waals surface area (Å²) in [7, 11) is 0. The van der Waals surface area contributed by atoms with Crippen LogP contribution >= 0.6 is 0 Å². The highest BCUT2D eigenvalue weighted by Crippen LogP contribution is 2.33. The van der Waals surface area contributed by atoms with Crippen molar-refractivity contribution in [1.82, 2.24) is 10.2 Å². The zero-order chi connectivity index (χ0) is 23.4. The van der Waals surface area contributed by atoms with Gasteiger partial charge in [0.2, 0.25) is 12.7 Å². The van der Waals surface area contributed by atoms with Crippen LogP contribution in [0.25, 0.3) is 0 Å². The van der Waals surface area contributed by atoms with Gasteiger partial charge < -0.3 is 29.4 Å². The second kappa shape index (κ2) is 10.5. The molecule has 1 amide bonds. The van der Waals surface area contributed by atoms with E-state index in [0.29, 0.717) is 30.9 Å². The van der Waals surface area contributed by atoms with Gasteiger partial charge in [0.1, 0.15) is 0 Å². The topological polar surface area (TPSA) is 89.5 Å². The zero-order valence-corrected chi connectivity index (χ0v) is 18.2. The zero-order valence-electron chi connectivity index (χ0n) is 18.2. The fourth-order valence-corrected chi connectivity index (χ4v) is 4.50. The van der Waals surface area contributed by atoms with Crippen molar-refractivity contribution >= 4 is 5.91 Å². The fraction of sp³-hybridized carbons (Fsp3) is 0.682. The maximum Gasteiger partial charge on any atom is 0.390 e. The molecule has 33 heavy (non-hydrogen) atoms. The van der Waals surface area contributed by atoms with Crippen molar-refractivity contribution in [3.05, 3.63) is 23.8 Å². The monoisotopic (exact) mass is 474 g/mol. The van der Waals surface area contributed by atoms with E-state index in [0.717, 1.165) is 5.56 Å². The van der Waals surface area contributed by atoms with Crippen LogP contribution in [0.4, 0.5) is 13.2 Å². The molecule has 3 aliphatic rings. The number of aliphatic hydroxyl groups is 1. The van der Waals surface area contributed by atoms with Crippen LogP contribution in [0.2, 0.25) is 0 Å². The van der Waals surface area contributed by atoms with Gasteiger partial charge in [-0.15, -0.1) is 0 Å². The van der Waals surface area contributed by atoms with E-state index in [1.54, 1.807) is 11.0 Å². The molecule has 3 heterocycles. The molecule has 0 bridgehead atoms. The smallest absolute Gasteiger partial charge is 0.390 e. The molecule has 2 N–H and O–H groups in total. The number of nitrogens with zero attached hydrogens (tertiary/aromatic N) is 1. The van der Waals surface area contributed by atoms with E-state index in [-0.39, 0.29) is 57.6 Å². The lowest BCUT2D eigenvalue weighted by molar-refractivity contribution is -0.169. The molecule has 2 fully saturated rings. The number of alkyl halides is 3. The van der Waals surface area contributed by atoms with Crippen molar-refractivity contribution in [2.45, 2.75) is 62.8 Å². The van der Waals surface area contributed by atoms with Gasteiger partial charge in [-0.1, -0.05) is 6.07 Å². The van der Waals surface area contributed by atoms with E-state index < -0.39 is 24.8 Å². The number of hydrogen-bond donors (Lipinski definition) is 2. The van der Waals surface area contributed by atoms with Gasteiger partial charge in [0.05, 0.1) is 44.4 Å². The quantitative estimate of drug-likeness (QED) is 0.652. The number of nitrogens with one attached hydrogen (secondary N) is 1. The third-order valence-corrected chi connectivity index (χ3v) is 6.11. The molecule has 0 aliphatic carbocycles. The van der Waals surface area contributed by atoms with Gasteiger partial charge in [0.15, 0.2) is 11.5 Å². The van der Waals surface area contributed by atoms with E-state index >= 15 is 0 Å². The first-order chi connectivity index (χ1) is 15.8. The Bertz CT molecular complexity index is 824. The number of rotatable bonds is 6. The third-order valence-electron chi connectivity index (χ3n) is 6.11. The maximum absolute atomic E-state index is 12.8. The van der Waals surface area contributed by atoms with Crippen LogP contribution in [-0.4, -0.2) is 79.5 Å². The summed E-state index contributed by atoms with van der Waals surface area (Å²) in [5.41, 5.74) is 0.879. The van der Waals surface area contributed by atoms with Crippen LogP contribution in [0.15, 0.2) is 18.2 Å². The van der Waals surface area contributed by atoms with Crippen LogP contribution in [-0.2, 0) is 20.8 Å². The van der Waals surface area contributed by atoms with E-state index in [1.165, 1.54) is 0 Å². The number of fused-ring (bicyclic) bond motifs is 2. The summed E-state index contributed by atoms with van der Waals surface area (Å²) in [5, 5.41) is 12.9. The molecule has 4 rings (SSSR count). The van der Waals surface area contributed by atoms with Crippen LogP contribution in [0.3, 0.4) is 0 Å². The Hall–Kier alpha value is -2.08. The van der Waals surface area contributed by atoms with E-state index in [1.807, 2.05) is 12.1 Å². The number of aliphatic hydroxyl groups excluding tert-OH is 1. The number of hydrogen-bond acceptors (Lipinski definition) is 7. The molecule has 4 atom stereocenters. The fourth-order valence-electron chi connectivity index (χ4n) is 4.50. The van der Waals surface area contributed by atoms with Gasteiger partial charge in [-0.3, -0.25) is 9.69 Å². The molecule has 0 saturated carbocycles. The van der Waals surface area contributed by atoms with Crippen molar-refractivity contribution in [2.75, 3.05) is 33.1 Å². The highest BCUT2D eigenvalue weighted by molar-refractivity contribution is 5.76. The van der Waals surface area contributed by atoms with Gasteiger partial charge in [0, 0.05) is 25.7 Å². The molecule has 11 heteroatoms. The third kappa shape index (κ3) is 6.72. The predicted molar refractivity (Wildman–Crippen MR) is 110 cm³/mol. The molecule has 2 saturated heterocycles. The second-order valence-corrected chi connectivity index (χ2v) is 8.66. The van der Waals surface area contributed by atoms with Crippen molar-refractivity contribution in [3.63, 3.8) is 0 Å². The summed E-state index contributed by atoms with van der Waals surface area (Å²) >= 11 is 0. The largest absolute Gasteiger partial charge is 0.454 e. The number of halogens is 3. The molecule has 0 spiro atoms. The molecule has 3 aliphatic heterocycles. The van der Waals surface area contributed by atoms with Gasteiger partial charge in [0.25, 0.3) is 0 Å². The Morgan fingerprint density at radius 3 is 2.82 bits per heavy atom. The minimum absolute atomic E-state index is 0.0375. The molecule has 184 valence electrons. The molecule has 8 nitrogen and oxygen atoms in total. The lowest BCUT2D eigenvalue weighted by Gasteiger charge is -2.44. The van der Waals surface area contributed by atoms with Crippen LogP contribution in [0, 0.1) is 0 Å². The molecule has 1 aromatic carbocycles. The van der Waals surface area contributed by atoms with E-state index in [2.05, 4.69) is 5.32 Å². The number of ether oxygens (including phenoxy) is 4. The number of amides is 1. The summed E-state index contributed by atoms with van der Waals surface area (Å²) in [5.74, 6) is 1.15. The average molecular weight is 474 g/mol. The van der Waals surface area contributed by atoms with Crippen molar-refractivity contribution in [1.29, 1.82) is 0 Å². The number of carbonyl (C=O) groups excluding carboxylic acids is 1. The van der Waals surface area contributed by atoms with Gasteiger partial charge in [-0.25, -0.2) is 0 Å². The van der Waals surface area contributed by atoms with Gasteiger partial charge >= 0.3 is 6.18 Å². The Balaban J connectivity index is 1.29. The average Bonchev–Trinajstić information content (AvgIpc) is 3.22. The maximum atomic E-state index is 12.8. The van der Waals surface area contributed by atoms with Gasteiger partial charge in [-0.2, -0.15) is 13.2 Å². The van der Waals surface area contributed by atoms with Crippen molar-refractivity contribution in [2.24, 2.45) is 0 Å². The van der Waals surface area contributed by atoms with Crippen molar-refractivity contribution < 1.29 is 42.0 Å². The molecular formula is C22H29F3N2O6. The summed E-state index contributed by atoms with van der Waals surface area (Å²) in [6.45, 7) is 0.617. The van der Waals surface area contributed by atoms with Crippen molar-refractivity contribution in [3.8, 4) is 11.5 Å². The van der Waals surface area contributed by atoms with Crippen LogP contribution in [0.5, 0.6) is 11.5 Å². The first kappa shape index (κ1) is 24.1. The Kier molecular flexibility index (Phi) is 7.62. The highest BCUT2D eigenvalue weighted by Gasteiger charge is 2.39. The number of benzene rings is 1. The SMILES string of the molecule is O=C(C[C@H]1CC[C@H]2[C@@H](COC[C@@H](O)CN2CCC(F)(F)F)O1)NCc1ccc2c(c1)OCO2. The Morgan fingerprint density at radius 2 is 2.00 bits per heavy atom. The van der Waals surface area contributed by atoms with E-state index in [9.17, 15) is 23.1 Å². The van der Waals surface area contributed by atoms with E-state index in [4.69, 9.17) is 18.9 Å². The number of carbonyl (C=O) groups is 1. The summed E-state index contributed by atoms with van der Waals surface area (Å²) in [4.78, 5) is 14.1. The lowest BCUT2D eigenvalue weighted by atomic mass is 9.94. The number of β-amino-alcohol motifs (C(OH)–C–C–N with tert-alkyl or cyclic N) is 1. The first-order valence-corrected chi connectivity index (χ1v) is 11.1. The standard InChI is InChI=1S/C22H29F3N2O6/c23-22(24,25)5-6-27-10-15(28)11-30-12-20-17(27)3-2-16(33-20)8-21(29)26-9-14-1-4-18-19(7-14)32-13-31-18/h1,4,7,15-17,20,28H,2-3,5-6,8-13H2,(H,26,29)/t15-,16+,17-,20+/m0/s1. The Labute approximate surface area is 189 Å². The molecule has 0 radical (unpaired) electrons. The summed E-state index contributed by atoms with van der Waals surface area (Å²) < 4.78 is 60.5. The molecule has 0 unspecified atom stereocenters. The second-order valence-electron chi connectivity index (χ2n) is 8.66. The van der Waals surface area contributed by atoms with Gasteiger partial charge in [-0.05, 0) is 30.5 Å². The lowest BCUT2D eigenvalue weighted by Crippen LogP contribution is -2.56. The predicted octanol–water partition coefficient (Wildman–Crippen LogP) is 1.98. The highest BCUT2D eigenvalue weighted by atomic mass is 19.4. The van der Waals surface area contributed by atoms with Crippen LogP contribution < -0.4 is 14.8 Å².